The van der Waals surface area contributed by atoms with Crippen LogP contribution in [0.15, 0.2) is 22.8 Å². The number of hydrogen-bond acceptors (Lipinski definition) is 3. The molecule has 2 aromatic rings. The van der Waals surface area contributed by atoms with Gasteiger partial charge in [-0.05, 0) is 25.0 Å². The molecule has 0 saturated heterocycles. The average molecular weight is 234 g/mol. The zero-order valence-electron chi connectivity index (χ0n) is 10.6. The normalized spacial score (nSPS) is 10.8. The van der Waals surface area contributed by atoms with Gasteiger partial charge in [-0.3, -0.25) is 0 Å². The number of benzene rings is 1. The fraction of sp³-hybridized carbons (Fsp3) is 0.429. The van der Waals surface area contributed by atoms with Crippen molar-refractivity contribution in [2.45, 2.75) is 26.2 Å². The molecule has 1 aromatic carbocycles. The number of unbranched alkanes of at least 4 members (excludes halogenated alkanes) is 1. The third kappa shape index (κ3) is 2.09. The Kier molecular flexibility index (Phi) is 3.57. The molecule has 17 heavy (non-hydrogen) atoms. The van der Waals surface area contributed by atoms with Gasteiger partial charge in [0.05, 0.1) is 25.9 Å². The number of furan rings is 1. The van der Waals surface area contributed by atoms with Crippen molar-refractivity contribution in [3.8, 4) is 11.5 Å². The Bertz CT molecular complexity index is 499. The summed E-state index contributed by atoms with van der Waals surface area (Å²) < 4.78 is 16.4. The van der Waals surface area contributed by atoms with Crippen LogP contribution in [0.25, 0.3) is 11.0 Å². The second kappa shape index (κ2) is 5.13. The predicted molar refractivity (Wildman–Crippen MR) is 67.9 cm³/mol. The van der Waals surface area contributed by atoms with Crippen LogP contribution in [0, 0.1) is 0 Å². The lowest BCUT2D eigenvalue weighted by atomic mass is 10.0. The van der Waals surface area contributed by atoms with Crippen LogP contribution in [-0.2, 0) is 6.42 Å². The van der Waals surface area contributed by atoms with Crippen LogP contribution >= 0.6 is 0 Å². The smallest absolute Gasteiger partial charge is 0.179 e. The Labute approximate surface area is 101 Å². The first-order valence-corrected chi connectivity index (χ1v) is 5.92. The van der Waals surface area contributed by atoms with Gasteiger partial charge in [0.15, 0.2) is 11.3 Å². The summed E-state index contributed by atoms with van der Waals surface area (Å²) in [5.74, 6) is 1.68. The van der Waals surface area contributed by atoms with Crippen LogP contribution in [-0.4, -0.2) is 14.2 Å². The molecule has 0 aliphatic heterocycles. The van der Waals surface area contributed by atoms with Crippen LogP contribution in [0.3, 0.4) is 0 Å². The standard InChI is InChI=1S/C14H18O3/c1-4-5-6-10-9-12(15-2)11-7-8-17-14(11)13(10)16-3/h7-9H,4-6H2,1-3H3. The highest BCUT2D eigenvalue weighted by atomic mass is 16.5. The number of fused-ring (bicyclic) bond motifs is 1. The molecular formula is C14H18O3. The van der Waals surface area contributed by atoms with Gasteiger partial charge in [-0.15, -0.1) is 0 Å². The molecule has 1 aromatic heterocycles. The van der Waals surface area contributed by atoms with Crippen LogP contribution in [0.4, 0.5) is 0 Å². The topological polar surface area (TPSA) is 31.6 Å². The van der Waals surface area contributed by atoms with E-state index in [1.54, 1.807) is 20.5 Å². The van der Waals surface area contributed by atoms with Crippen molar-refractivity contribution in [3.63, 3.8) is 0 Å². The van der Waals surface area contributed by atoms with E-state index < -0.39 is 0 Å². The van der Waals surface area contributed by atoms with Gasteiger partial charge >= 0.3 is 0 Å². The van der Waals surface area contributed by atoms with E-state index in [-0.39, 0.29) is 0 Å². The van der Waals surface area contributed by atoms with Crippen LogP contribution in [0.1, 0.15) is 25.3 Å². The number of ether oxygens (including phenoxy) is 2. The van der Waals surface area contributed by atoms with Crippen molar-refractivity contribution in [1.82, 2.24) is 0 Å². The number of methoxy groups -OCH3 is 2. The van der Waals surface area contributed by atoms with E-state index in [1.807, 2.05) is 12.1 Å². The molecule has 3 heteroatoms. The molecule has 0 N–H and O–H groups in total. The van der Waals surface area contributed by atoms with Gasteiger partial charge in [0, 0.05) is 5.56 Å². The van der Waals surface area contributed by atoms with Crippen molar-refractivity contribution in [2.24, 2.45) is 0 Å². The zero-order valence-corrected chi connectivity index (χ0v) is 10.6. The van der Waals surface area contributed by atoms with Crippen LogP contribution in [0.2, 0.25) is 0 Å². The fourth-order valence-corrected chi connectivity index (χ4v) is 2.07. The Morgan fingerprint density at radius 1 is 1.24 bits per heavy atom. The largest absolute Gasteiger partial charge is 0.496 e. The Hall–Kier alpha value is -1.64. The third-order valence-corrected chi connectivity index (χ3v) is 2.96. The lowest BCUT2D eigenvalue weighted by Crippen LogP contribution is -1.95. The zero-order chi connectivity index (χ0) is 12.3. The van der Waals surface area contributed by atoms with E-state index in [2.05, 4.69) is 6.92 Å². The summed E-state index contributed by atoms with van der Waals surface area (Å²) in [7, 11) is 3.36. The lowest BCUT2D eigenvalue weighted by molar-refractivity contribution is 0.398. The van der Waals surface area contributed by atoms with Gasteiger partial charge in [-0.2, -0.15) is 0 Å². The minimum atomic E-state index is 0.776. The van der Waals surface area contributed by atoms with Gasteiger partial charge in [0.2, 0.25) is 0 Å². The maximum absolute atomic E-state index is 5.50. The molecule has 92 valence electrons. The fourth-order valence-electron chi connectivity index (χ4n) is 2.07. The molecule has 0 radical (unpaired) electrons. The summed E-state index contributed by atoms with van der Waals surface area (Å²) in [5, 5.41) is 0.963. The Morgan fingerprint density at radius 3 is 2.71 bits per heavy atom. The molecule has 0 unspecified atom stereocenters. The second-order valence-corrected chi connectivity index (χ2v) is 4.04. The second-order valence-electron chi connectivity index (χ2n) is 4.04. The molecule has 1 heterocycles. The molecule has 0 amide bonds. The molecule has 0 fully saturated rings. The maximum Gasteiger partial charge on any atom is 0.179 e. The molecule has 0 spiro atoms. The molecule has 0 aliphatic rings. The molecule has 0 aliphatic carbocycles. The van der Waals surface area contributed by atoms with E-state index in [4.69, 9.17) is 13.9 Å². The highest BCUT2D eigenvalue weighted by Crippen LogP contribution is 2.37. The highest BCUT2D eigenvalue weighted by Gasteiger charge is 2.15. The molecule has 2 rings (SSSR count). The summed E-state index contributed by atoms with van der Waals surface area (Å²) in [6.45, 7) is 2.18. The average Bonchev–Trinajstić information content (AvgIpc) is 2.83. The monoisotopic (exact) mass is 234 g/mol. The summed E-state index contributed by atoms with van der Waals surface area (Å²) in [4.78, 5) is 0. The minimum Gasteiger partial charge on any atom is -0.496 e. The van der Waals surface area contributed by atoms with Crippen molar-refractivity contribution in [2.75, 3.05) is 14.2 Å². The van der Waals surface area contributed by atoms with E-state index in [0.29, 0.717) is 0 Å². The first kappa shape index (κ1) is 11.8. The Balaban J connectivity index is 2.56. The van der Waals surface area contributed by atoms with Gasteiger partial charge in [-0.25, -0.2) is 0 Å². The third-order valence-electron chi connectivity index (χ3n) is 2.96. The minimum absolute atomic E-state index is 0.776. The van der Waals surface area contributed by atoms with E-state index in [9.17, 15) is 0 Å². The molecule has 0 bridgehead atoms. The van der Waals surface area contributed by atoms with Crippen LogP contribution < -0.4 is 9.47 Å². The van der Waals surface area contributed by atoms with Crippen molar-refractivity contribution >= 4 is 11.0 Å². The van der Waals surface area contributed by atoms with Crippen molar-refractivity contribution in [3.05, 3.63) is 24.0 Å². The van der Waals surface area contributed by atoms with Crippen molar-refractivity contribution in [1.29, 1.82) is 0 Å². The molecule has 0 saturated carbocycles. The lowest BCUT2D eigenvalue weighted by Gasteiger charge is -2.11. The van der Waals surface area contributed by atoms with Crippen LogP contribution in [0.5, 0.6) is 11.5 Å². The molecule has 0 atom stereocenters. The number of rotatable bonds is 5. The summed E-state index contributed by atoms with van der Waals surface area (Å²) in [6, 6.07) is 3.95. The van der Waals surface area contributed by atoms with Gasteiger partial charge in [0.25, 0.3) is 0 Å². The SMILES string of the molecule is CCCCc1cc(OC)c2ccoc2c1OC. The van der Waals surface area contributed by atoms with Gasteiger partial charge in [-0.1, -0.05) is 13.3 Å². The van der Waals surface area contributed by atoms with E-state index in [1.165, 1.54) is 0 Å². The maximum atomic E-state index is 5.50. The van der Waals surface area contributed by atoms with Gasteiger partial charge in [0.1, 0.15) is 5.75 Å². The first-order valence-electron chi connectivity index (χ1n) is 5.92. The first-order chi connectivity index (χ1) is 8.31. The summed E-state index contributed by atoms with van der Waals surface area (Å²) in [5.41, 5.74) is 1.92. The summed E-state index contributed by atoms with van der Waals surface area (Å²) >= 11 is 0. The van der Waals surface area contributed by atoms with Crippen molar-refractivity contribution < 1.29 is 13.9 Å². The predicted octanol–water partition coefficient (Wildman–Crippen LogP) is 3.79. The van der Waals surface area contributed by atoms with Gasteiger partial charge < -0.3 is 13.9 Å². The quantitative estimate of drug-likeness (QED) is 0.788. The number of aryl methyl sites for hydroxylation is 1. The Morgan fingerprint density at radius 2 is 2.06 bits per heavy atom. The molecular weight excluding hydrogens is 216 g/mol. The van der Waals surface area contributed by atoms with E-state index in [0.717, 1.165) is 47.3 Å². The number of hydrogen-bond donors (Lipinski definition) is 0. The van der Waals surface area contributed by atoms with E-state index >= 15 is 0 Å². The summed E-state index contributed by atoms with van der Waals surface area (Å²) in [6.07, 6.45) is 4.93. The highest BCUT2D eigenvalue weighted by molar-refractivity contribution is 5.90. The molecule has 3 nitrogen and oxygen atoms in total.